The Hall–Kier alpha value is -2.72. The van der Waals surface area contributed by atoms with Gasteiger partial charge in [-0.3, -0.25) is 15.5 Å². The van der Waals surface area contributed by atoms with Crippen LogP contribution in [0.4, 0.5) is 22.3 Å². The Morgan fingerprint density at radius 3 is 2.92 bits per heavy atom. The molecule has 126 valence electrons. The molecule has 2 aromatic rings. The smallest absolute Gasteiger partial charge is 0.278 e. The number of ether oxygens (including phenoxy) is 1. The lowest BCUT2D eigenvalue weighted by molar-refractivity contribution is -0.385. The molecule has 2 heterocycles. The van der Waals surface area contributed by atoms with Crippen LogP contribution in [-0.4, -0.2) is 42.4 Å². The molecule has 1 fully saturated rings. The lowest BCUT2D eigenvalue weighted by atomic mass is 10.1. The van der Waals surface area contributed by atoms with Crippen LogP contribution in [0.15, 0.2) is 28.7 Å². The molecule has 0 unspecified atom stereocenters. The number of hydrogen-bond donors (Lipinski definition) is 2. The highest BCUT2D eigenvalue weighted by Crippen LogP contribution is 2.25. The molecule has 0 atom stereocenters. The summed E-state index contributed by atoms with van der Waals surface area (Å²) in [4.78, 5) is 16.9. The van der Waals surface area contributed by atoms with Gasteiger partial charge in [-0.1, -0.05) is 0 Å². The number of thiazole rings is 1. The highest BCUT2D eigenvalue weighted by atomic mass is 32.1. The van der Waals surface area contributed by atoms with E-state index in [0.717, 1.165) is 18.8 Å². The predicted octanol–water partition coefficient (Wildman–Crippen LogP) is 1.92. The zero-order valence-electron chi connectivity index (χ0n) is 12.7. The fraction of sp³-hybridized carbons (Fsp3) is 0.286. The first-order chi connectivity index (χ1) is 11.6. The van der Waals surface area contributed by atoms with Crippen molar-refractivity contribution in [2.45, 2.75) is 0 Å². The van der Waals surface area contributed by atoms with Crippen LogP contribution in [0.3, 0.4) is 0 Å². The monoisotopic (exact) mass is 348 g/mol. The average Bonchev–Trinajstić information content (AvgIpc) is 3.01. The first-order valence-electron chi connectivity index (χ1n) is 7.25. The summed E-state index contributed by atoms with van der Waals surface area (Å²) in [6.07, 6.45) is 1.42. The molecule has 0 spiro atoms. The van der Waals surface area contributed by atoms with Crippen molar-refractivity contribution in [2.24, 2.45) is 5.10 Å². The van der Waals surface area contributed by atoms with E-state index in [4.69, 9.17) is 10.5 Å². The van der Waals surface area contributed by atoms with Gasteiger partial charge in [-0.2, -0.15) is 5.10 Å². The second kappa shape index (κ2) is 7.23. The number of aromatic nitrogens is 1. The minimum Gasteiger partial charge on any atom is -0.383 e. The van der Waals surface area contributed by atoms with Gasteiger partial charge in [0, 0.05) is 30.2 Å². The topological polar surface area (TPSA) is 119 Å². The van der Waals surface area contributed by atoms with Gasteiger partial charge >= 0.3 is 0 Å². The molecule has 0 aliphatic carbocycles. The van der Waals surface area contributed by atoms with Crippen LogP contribution >= 0.6 is 11.3 Å². The van der Waals surface area contributed by atoms with Gasteiger partial charge in [0.2, 0.25) is 5.13 Å². The molecule has 0 bridgehead atoms. The van der Waals surface area contributed by atoms with Gasteiger partial charge in [0.1, 0.15) is 5.82 Å². The highest BCUT2D eigenvalue weighted by molar-refractivity contribution is 7.14. The minimum absolute atomic E-state index is 0.00351. The van der Waals surface area contributed by atoms with Crippen molar-refractivity contribution in [1.29, 1.82) is 0 Å². The first-order valence-corrected chi connectivity index (χ1v) is 8.12. The zero-order valence-corrected chi connectivity index (χ0v) is 13.5. The average molecular weight is 348 g/mol. The van der Waals surface area contributed by atoms with Gasteiger partial charge < -0.3 is 15.4 Å². The fourth-order valence-electron chi connectivity index (χ4n) is 2.32. The van der Waals surface area contributed by atoms with Crippen molar-refractivity contribution in [1.82, 2.24) is 4.98 Å². The van der Waals surface area contributed by atoms with E-state index in [9.17, 15) is 10.1 Å². The molecule has 0 amide bonds. The fourth-order valence-corrected chi connectivity index (χ4v) is 2.87. The largest absolute Gasteiger partial charge is 0.383 e. The number of nitrogen functional groups attached to an aromatic ring is 1. The Bertz CT molecular complexity index is 757. The Labute approximate surface area is 141 Å². The maximum atomic E-state index is 11.2. The Balaban J connectivity index is 1.81. The number of nitro groups is 1. The van der Waals surface area contributed by atoms with Gasteiger partial charge in [-0.25, -0.2) is 4.98 Å². The van der Waals surface area contributed by atoms with Gasteiger partial charge in [0.15, 0.2) is 0 Å². The summed E-state index contributed by atoms with van der Waals surface area (Å²) in [5.74, 6) is 0.401. The molecule has 1 aromatic heterocycles. The van der Waals surface area contributed by atoms with Crippen LogP contribution in [0, 0.1) is 10.1 Å². The van der Waals surface area contributed by atoms with E-state index in [1.54, 1.807) is 17.5 Å². The quantitative estimate of drug-likeness (QED) is 0.481. The van der Waals surface area contributed by atoms with Crippen LogP contribution < -0.4 is 16.1 Å². The van der Waals surface area contributed by atoms with Crippen molar-refractivity contribution < 1.29 is 9.66 Å². The minimum atomic E-state index is -0.425. The van der Waals surface area contributed by atoms with Crippen LogP contribution in [0.25, 0.3) is 0 Å². The number of nitrogens with two attached hydrogens (primary N) is 1. The van der Waals surface area contributed by atoms with E-state index in [0.29, 0.717) is 29.7 Å². The maximum Gasteiger partial charge on any atom is 0.278 e. The number of benzene rings is 1. The van der Waals surface area contributed by atoms with Gasteiger partial charge in [0.25, 0.3) is 5.69 Å². The standard InChI is InChI=1S/C14H16N6O3S/c15-13-9-24-14(17-13)18-16-8-10-7-11(1-2-12(10)20(21)22)19-3-5-23-6-4-19/h1-2,7-9H,3-6,15H2,(H,17,18). The molecular formula is C14H16N6O3S. The summed E-state index contributed by atoms with van der Waals surface area (Å²) < 4.78 is 5.33. The van der Waals surface area contributed by atoms with Crippen LogP contribution in [0.5, 0.6) is 0 Å². The van der Waals surface area contributed by atoms with Crippen LogP contribution in [0.1, 0.15) is 5.56 Å². The molecule has 1 aromatic carbocycles. The third-order valence-electron chi connectivity index (χ3n) is 3.47. The second-order valence-corrected chi connectivity index (χ2v) is 5.91. The maximum absolute atomic E-state index is 11.2. The molecule has 1 aliphatic heterocycles. The highest BCUT2D eigenvalue weighted by Gasteiger charge is 2.17. The number of hydrogen-bond acceptors (Lipinski definition) is 9. The third kappa shape index (κ3) is 3.78. The van der Waals surface area contributed by atoms with E-state index in [1.165, 1.54) is 23.6 Å². The molecular weight excluding hydrogens is 332 g/mol. The molecule has 0 radical (unpaired) electrons. The molecule has 0 saturated carbocycles. The Morgan fingerprint density at radius 2 is 2.25 bits per heavy atom. The molecule has 3 rings (SSSR count). The number of rotatable bonds is 5. The number of hydrazone groups is 1. The normalized spacial score (nSPS) is 14.9. The van der Waals surface area contributed by atoms with Crippen molar-refractivity contribution >= 4 is 39.9 Å². The van der Waals surface area contributed by atoms with E-state index >= 15 is 0 Å². The van der Waals surface area contributed by atoms with E-state index in [1.807, 2.05) is 0 Å². The van der Waals surface area contributed by atoms with Crippen molar-refractivity contribution in [2.75, 3.05) is 42.4 Å². The molecule has 1 saturated heterocycles. The van der Waals surface area contributed by atoms with Gasteiger partial charge in [-0.15, -0.1) is 11.3 Å². The summed E-state index contributed by atoms with van der Waals surface area (Å²) in [5, 5.41) is 17.4. The number of nitrogens with one attached hydrogen (secondary N) is 1. The number of anilines is 3. The number of morpholine rings is 1. The summed E-state index contributed by atoms with van der Waals surface area (Å²) in [6, 6.07) is 4.99. The first kappa shape index (κ1) is 16.1. The SMILES string of the molecule is Nc1csc(NN=Cc2cc(N3CCOCC3)ccc2[N+](=O)[O-])n1. The number of nitrogens with zero attached hydrogens (tertiary/aromatic N) is 4. The molecule has 24 heavy (non-hydrogen) atoms. The molecule has 1 aliphatic rings. The number of nitro benzene ring substituents is 1. The van der Waals surface area contributed by atoms with Crippen molar-refractivity contribution in [3.8, 4) is 0 Å². The van der Waals surface area contributed by atoms with E-state index in [-0.39, 0.29) is 5.69 Å². The zero-order chi connectivity index (χ0) is 16.9. The van der Waals surface area contributed by atoms with E-state index < -0.39 is 4.92 Å². The second-order valence-electron chi connectivity index (χ2n) is 5.05. The molecule has 3 N–H and O–H groups in total. The summed E-state index contributed by atoms with van der Waals surface area (Å²) in [5.41, 5.74) is 9.57. The molecule has 10 heteroatoms. The molecule has 9 nitrogen and oxygen atoms in total. The van der Waals surface area contributed by atoms with Gasteiger partial charge in [0.05, 0.1) is 29.9 Å². The van der Waals surface area contributed by atoms with Crippen molar-refractivity contribution in [3.63, 3.8) is 0 Å². The predicted molar refractivity (Wildman–Crippen MR) is 93.9 cm³/mol. The summed E-state index contributed by atoms with van der Waals surface area (Å²) in [6.45, 7) is 2.80. The van der Waals surface area contributed by atoms with Crippen LogP contribution in [-0.2, 0) is 4.74 Å². The Kier molecular flexibility index (Phi) is 4.87. The summed E-state index contributed by atoms with van der Waals surface area (Å²) in [7, 11) is 0. The third-order valence-corrected chi connectivity index (χ3v) is 4.23. The summed E-state index contributed by atoms with van der Waals surface area (Å²) >= 11 is 1.30. The lowest BCUT2D eigenvalue weighted by Crippen LogP contribution is -2.36. The van der Waals surface area contributed by atoms with E-state index in [2.05, 4.69) is 20.4 Å². The van der Waals surface area contributed by atoms with Crippen molar-refractivity contribution in [3.05, 3.63) is 39.3 Å². The van der Waals surface area contributed by atoms with Crippen LogP contribution in [0.2, 0.25) is 0 Å². The lowest BCUT2D eigenvalue weighted by Gasteiger charge is -2.28. The Morgan fingerprint density at radius 1 is 1.46 bits per heavy atom. The van der Waals surface area contributed by atoms with Gasteiger partial charge in [-0.05, 0) is 12.1 Å².